The number of carboxylic acids is 1. The minimum absolute atomic E-state index is 0.154. The lowest BCUT2D eigenvalue weighted by Crippen LogP contribution is -2.32. The van der Waals surface area contributed by atoms with E-state index in [0.29, 0.717) is 17.8 Å². The Kier molecular flexibility index (Phi) is 5.35. The van der Waals surface area contributed by atoms with E-state index in [1.807, 2.05) is 6.07 Å². The number of para-hydroxylation sites is 1. The van der Waals surface area contributed by atoms with Gasteiger partial charge in [0.1, 0.15) is 0 Å². The van der Waals surface area contributed by atoms with E-state index in [1.165, 1.54) is 4.90 Å². The Labute approximate surface area is 111 Å². The third-order valence-electron chi connectivity index (χ3n) is 2.51. The van der Waals surface area contributed by atoms with Crippen molar-refractivity contribution in [3.05, 3.63) is 29.8 Å². The monoisotopic (exact) mass is 261 g/mol. The molecular formula is C13H15N3O3. The second-order valence-electron chi connectivity index (χ2n) is 3.99. The third-order valence-corrected chi connectivity index (χ3v) is 2.51. The molecule has 0 heterocycles. The second kappa shape index (κ2) is 7.01. The molecule has 0 aromatic heterocycles. The van der Waals surface area contributed by atoms with Crippen LogP contribution in [0, 0.1) is 11.3 Å². The first-order valence-electron chi connectivity index (χ1n) is 5.73. The van der Waals surface area contributed by atoms with Gasteiger partial charge in [-0.2, -0.15) is 5.26 Å². The van der Waals surface area contributed by atoms with Crippen molar-refractivity contribution in [2.45, 2.75) is 12.8 Å². The molecule has 19 heavy (non-hydrogen) atoms. The number of hydrogen-bond donors (Lipinski definition) is 2. The predicted octanol–water partition coefficient (Wildman–Crippen LogP) is 1.69. The van der Waals surface area contributed by atoms with Gasteiger partial charge in [0.05, 0.1) is 18.9 Å². The number of aliphatic carboxylic acids is 1. The van der Waals surface area contributed by atoms with Gasteiger partial charge in [-0.15, -0.1) is 0 Å². The third kappa shape index (κ3) is 4.68. The summed E-state index contributed by atoms with van der Waals surface area (Å²) in [6.45, 7) is 0.323. The molecule has 0 spiro atoms. The van der Waals surface area contributed by atoms with E-state index in [2.05, 4.69) is 5.32 Å². The van der Waals surface area contributed by atoms with Gasteiger partial charge in [-0.25, -0.2) is 4.79 Å². The molecule has 0 aliphatic heterocycles. The zero-order valence-electron chi connectivity index (χ0n) is 10.6. The molecule has 6 nitrogen and oxygen atoms in total. The van der Waals surface area contributed by atoms with Gasteiger partial charge in [-0.3, -0.25) is 4.79 Å². The van der Waals surface area contributed by atoms with Crippen molar-refractivity contribution in [1.29, 1.82) is 5.26 Å². The maximum Gasteiger partial charge on any atom is 0.321 e. The quantitative estimate of drug-likeness (QED) is 0.843. The van der Waals surface area contributed by atoms with Crippen LogP contribution < -0.4 is 5.32 Å². The van der Waals surface area contributed by atoms with Crippen molar-refractivity contribution in [2.24, 2.45) is 0 Å². The Morgan fingerprint density at radius 3 is 2.74 bits per heavy atom. The molecule has 0 radical (unpaired) electrons. The Hall–Kier alpha value is -2.55. The highest BCUT2D eigenvalue weighted by Crippen LogP contribution is 2.16. The maximum atomic E-state index is 11.8. The summed E-state index contributed by atoms with van der Waals surface area (Å²) in [6.07, 6.45) is 0.0963. The van der Waals surface area contributed by atoms with Crippen molar-refractivity contribution >= 4 is 17.7 Å². The molecule has 0 saturated carbocycles. The number of anilines is 1. The lowest BCUT2D eigenvalue weighted by molar-refractivity contribution is -0.136. The molecule has 1 rings (SSSR count). The predicted molar refractivity (Wildman–Crippen MR) is 69.7 cm³/mol. The van der Waals surface area contributed by atoms with Crippen LogP contribution in [0.1, 0.15) is 12.0 Å². The zero-order chi connectivity index (χ0) is 14.3. The van der Waals surface area contributed by atoms with E-state index in [0.717, 1.165) is 0 Å². The van der Waals surface area contributed by atoms with Crippen LogP contribution in [0.3, 0.4) is 0 Å². The van der Waals surface area contributed by atoms with Crippen molar-refractivity contribution in [1.82, 2.24) is 4.90 Å². The first-order valence-corrected chi connectivity index (χ1v) is 5.73. The average molecular weight is 261 g/mol. The van der Waals surface area contributed by atoms with Crippen LogP contribution >= 0.6 is 0 Å². The Morgan fingerprint density at radius 1 is 1.42 bits per heavy atom. The molecule has 0 aliphatic carbocycles. The first-order chi connectivity index (χ1) is 9.04. The number of carboxylic acid groups (broad SMARTS) is 1. The highest BCUT2D eigenvalue weighted by Gasteiger charge is 2.12. The van der Waals surface area contributed by atoms with Gasteiger partial charge in [0, 0.05) is 19.3 Å². The molecule has 6 heteroatoms. The van der Waals surface area contributed by atoms with E-state index >= 15 is 0 Å². The number of amides is 2. The molecule has 1 aromatic rings. The Morgan fingerprint density at radius 2 is 2.11 bits per heavy atom. The zero-order valence-corrected chi connectivity index (χ0v) is 10.6. The summed E-state index contributed by atoms with van der Waals surface area (Å²) < 4.78 is 0. The van der Waals surface area contributed by atoms with E-state index in [1.54, 1.807) is 31.3 Å². The SMILES string of the molecule is CN(CCC#N)C(=O)Nc1ccccc1CC(=O)O. The number of benzene rings is 1. The van der Waals surface area contributed by atoms with Gasteiger partial charge in [0.2, 0.25) is 0 Å². The van der Waals surface area contributed by atoms with Crippen LogP contribution in [0.25, 0.3) is 0 Å². The molecule has 1 aromatic carbocycles. The van der Waals surface area contributed by atoms with Crippen LogP contribution in [0.2, 0.25) is 0 Å². The number of urea groups is 1. The van der Waals surface area contributed by atoms with Gasteiger partial charge in [0.25, 0.3) is 0 Å². The van der Waals surface area contributed by atoms with E-state index in [9.17, 15) is 9.59 Å². The summed E-state index contributed by atoms with van der Waals surface area (Å²) in [5.41, 5.74) is 1.01. The maximum absolute atomic E-state index is 11.8. The van der Waals surface area contributed by atoms with Gasteiger partial charge in [-0.1, -0.05) is 18.2 Å². The summed E-state index contributed by atoms with van der Waals surface area (Å²) in [5.74, 6) is -0.959. The number of rotatable bonds is 5. The van der Waals surface area contributed by atoms with Crippen molar-refractivity contribution in [2.75, 3.05) is 18.9 Å². The Balaban J connectivity index is 2.73. The summed E-state index contributed by atoms with van der Waals surface area (Å²) in [6, 6.07) is 8.32. The van der Waals surface area contributed by atoms with Crippen LogP contribution in [0.4, 0.5) is 10.5 Å². The lowest BCUT2D eigenvalue weighted by atomic mass is 10.1. The van der Waals surface area contributed by atoms with Crippen LogP contribution in [0.5, 0.6) is 0 Å². The molecule has 0 aliphatic rings. The minimum atomic E-state index is -0.959. The second-order valence-corrected chi connectivity index (χ2v) is 3.99. The molecule has 2 N–H and O–H groups in total. The standard InChI is InChI=1S/C13H15N3O3/c1-16(8-4-7-14)13(19)15-11-6-3-2-5-10(11)9-12(17)18/h2-3,5-6H,4,8-9H2,1H3,(H,15,19)(H,17,18). The summed E-state index contributed by atoms with van der Waals surface area (Å²) in [7, 11) is 1.58. The molecular weight excluding hydrogens is 246 g/mol. The van der Waals surface area contributed by atoms with Crippen LogP contribution in [0.15, 0.2) is 24.3 Å². The normalized spacial score (nSPS) is 9.47. The van der Waals surface area contributed by atoms with E-state index < -0.39 is 5.97 Å². The van der Waals surface area contributed by atoms with Gasteiger partial charge in [-0.05, 0) is 11.6 Å². The van der Waals surface area contributed by atoms with Crippen molar-refractivity contribution in [3.63, 3.8) is 0 Å². The highest BCUT2D eigenvalue weighted by molar-refractivity contribution is 5.90. The molecule has 2 amide bonds. The topological polar surface area (TPSA) is 93.4 Å². The summed E-state index contributed by atoms with van der Waals surface area (Å²) >= 11 is 0. The van der Waals surface area contributed by atoms with Gasteiger partial charge < -0.3 is 15.3 Å². The number of nitriles is 1. The minimum Gasteiger partial charge on any atom is -0.481 e. The van der Waals surface area contributed by atoms with Crippen LogP contribution in [-0.4, -0.2) is 35.6 Å². The van der Waals surface area contributed by atoms with Gasteiger partial charge in [0.15, 0.2) is 0 Å². The number of nitrogens with zero attached hydrogens (tertiary/aromatic N) is 2. The van der Waals surface area contributed by atoms with E-state index in [4.69, 9.17) is 10.4 Å². The molecule has 100 valence electrons. The summed E-state index contributed by atoms with van der Waals surface area (Å²) in [5, 5.41) is 19.9. The van der Waals surface area contributed by atoms with Gasteiger partial charge >= 0.3 is 12.0 Å². The van der Waals surface area contributed by atoms with E-state index in [-0.39, 0.29) is 18.9 Å². The van der Waals surface area contributed by atoms with Crippen LogP contribution in [-0.2, 0) is 11.2 Å². The fraction of sp³-hybridized carbons (Fsp3) is 0.308. The Bertz CT molecular complexity index is 508. The van der Waals surface area contributed by atoms with Crippen molar-refractivity contribution in [3.8, 4) is 6.07 Å². The number of carbonyl (C=O) groups is 2. The largest absolute Gasteiger partial charge is 0.481 e. The molecule has 0 unspecified atom stereocenters. The molecule has 0 saturated heterocycles. The first kappa shape index (κ1) is 14.5. The molecule has 0 atom stereocenters. The lowest BCUT2D eigenvalue weighted by Gasteiger charge is -2.17. The fourth-order valence-electron chi connectivity index (χ4n) is 1.49. The molecule has 0 bridgehead atoms. The number of nitrogens with one attached hydrogen (secondary N) is 1. The number of carbonyl (C=O) groups excluding carboxylic acids is 1. The average Bonchev–Trinajstić information content (AvgIpc) is 2.37. The smallest absolute Gasteiger partial charge is 0.321 e. The fourth-order valence-corrected chi connectivity index (χ4v) is 1.49. The van der Waals surface area contributed by atoms with Crippen molar-refractivity contribution < 1.29 is 14.7 Å². The highest BCUT2D eigenvalue weighted by atomic mass is 16.4. The number of hydrogen-bond acceptors (Lipinski definition) is 3. The summed E-state index contributed by atoms with van der Waals surface area (Å²) in [4.78, 5) is 23.9. The molecule has 0 fully saturated rings.